The van der Waals surface area contributed by atoms with Gasteiger partial charge in [-0.2, -0.15) is 0 Å². The first kappa shape index (κ1) is 14.6. The average molecular weight is 296 g/mol. The third-order valence-corrected chi connectivity index (χ3v) is 3.77. The van der Waals surface area contributed by atoms with Crippen molar-refractivity contribution in [2.24, 2.45) is 5.92 Å². The number of benzene rings is 1. The highest BCUT2D eigenvalue weighted by molar-refractivity contribution is 5.94. The minimum atomic E-state index is -0.00223. The summed E-state index contributed by atoms with van der Waals surface area (Å²) in [7, 11) is 1.80. The number of carbonyl (C=O) groups excluding carboxylic acids is 1. The quantitative estimate of drug-likeness (QED) is 0.822. The summed E-state index contributed by atoms with van der Waals surface area (Å²) in [6.07, 6.45) is 6.05. The lowest BCUT2D eigenvalue weighted by molar-refractivity contribution is 0.0785. The van der Waals surface area contributed by atoms with E-state index in [1.165, 1.54) is 12.8 Å². The smallest absolute Gasteiger partial charge is 0.253 e. The van der Waals surface area contributed by atoms with E-state index in [-0.39, 0.29) is 5.91 Å². The predicted molar refractivity (Wildman–Crippen MR) is 84.7 cm³/mol. The van der Waals surface area contributed by atoms with Crippen molar-refractivity contribution in [1.82, 2.24) is 9.88 Å². The van der Waals surface area contributed by atoms with E-state index in [1.54, 1.807) is 24.3 Å². The fourth-order valence-electron chi connectivity index (χ4n) is 2.25. The van der Waals surface area contributed by atoms with Gasteiger partial charge in [-0.15, -0.1) is 0 Å². The molecule has 1 amide bonds. The van der Waals surface area contributed by atoms with Gasteiger partial charge >= 0.3 is 0 Å². The monoisotopic (exact) mass is 296 g/mol. The first-order valence-corrected chi connectivity index (χ1v) is 7.59. The molecule has 3 rings (SSSR count). The fraction of sp³-hybridized carbons (Fsp3) is 0.333. The minimum absolute atomic E-state index is 0.00223. The zero-order chi connectivity index (χ0) is 15.4. The van der Waals surface area contributed by atoms with Gasteiger partial charge in [-0.05, 0) is 54.7 Å². The molecule has 22 heavy (non-hydrogen) atoms. The van der Waals surface area contributed by atoms with Crippen LogP contribution in [0.25, 0.3) is 0 Å². The third kappa shape index (κ3) is 3.85. The van der Waals surface area contributed by atoms with Gasteiger partial charge in [0.1, 0.15) is 5.75 Å². The van der Waals surface area contributed by atoms with Crippen molar-refractivity contribution < 1.29 is 9.53 Å². The van der Waals surface area contributed by atoms with E-state index < -0.39 is 0 Å². The number of rotatable bonds is 6. The van der Waals surface area contributed by atoms with Gasteiger partial charge < -0.3 is 9.64 Å². The molecule has 4 nitrogen and oxygen atoms in total. The topological polar surface area (TPSA) is 42.4 Å². The number of pyridine rings is 1. The van der Waals surface area contributed by atoms with E-state index in [4.69, 9.17) is 4.74 Å². The van der Waals surface area contributed by atoms with Crippen molar-refractivity contribution in [3.8, 4) is 5.75 Å². The Labute approximate surface area is 130 Å². The SMILES string of the molecule is CN(Cc1cccnc1)C(=O)c1ccc(OCC2CC2)cc1. The summed E-state index contributed by atoms with van der Waals surface area (Å²) in [6.45, 7) is 1.33. The number of hydrogen-bond acceptors (Lipinski definition) is 3. The van der Waals surface area contributed by atoms with Crippen LogP contribution in [0.4, 0.5) is 0 Å². The Bertz CT molecular complexity index is 621. The second-order valence-corrected chi connectivity index (χ2v) is 5.80. The van der Waals surface area contributed by atoms with E-state index in [1.807, 2.05) is 36.4 Å². The Balaban J connectivity index is 1.58. The lowest BCUT2D eigenvalue weighted by Crippen LogP contribution is -2.26. The van der Waals surface area contributed by atoms with E-state index in [2.05, 4.69) is 4.98 Å². The van der Waals surface area contributed by atoms with Crippen LogP contribution in [-0.2, 0) is 6.54 Å². The predicted octanol–water partition coefficient (Wildman–Crippen LogP) is 3.14. The van der Waals surface area contributed by atoms with Crippen molar-refractivity contribution in [1.29, 1.82) is 0 Å². The molecule has 0 unspecified atom stereocenters. The highest BCUT2D eigenvalue weighted by Gasteiger charge is 2.21. The molecule has 0 bridgehead atoms. The van der Waals surface area contributed by atoms with Gasteiger partial charge in [0.2, 0.25) is 0 Å². The molecule has 0 radical (unpaired) electrons. The van der Waals surface area contributed by atoms with Crippen LogP contribution in [-0.4, -0.2) is 29.4 Å². The van der Waals surface area contributed by atoms with Crippen LogP contribution in [0.1, 0.15) is 28.8 Å². The van der Waals surface area contributed by atoms with E-state index in [9.17, 15) is 4.79 Å². The van der Waals surface area contributed by atoms with Gasteiger partial charge in [0, 0.05) is 31.5 Å². The van der Waals surface area contributed by atoms with Crippen molar-refractivity contribution in [3.05, 3.63) is 59.9 Å². The molecule has 1 aromatic carbocycles. The summed E-state index contributed by atoms with van der Waals surface area (Å²) in [5.74, 6) is 1.56. The molecule has 0 aliphatic heterocycles. The number of aromatic nitrogens is 1. The van der Waals surface area contributed by atoms with Crippen LogP contribution in [0, 0.1) is 5.92 Å². The van der Waals surface area contributed by atoms with Gasteiger partial charge in [-0.3, -0.25) is 9.78 Å². The Morgan fingerprint density at radius 1 is 1.27 bits per heavy atom. The molecule has 4 heteroatoms. The largest absolute Gasteiger partial charge is 0.493 e. The molecule has 1 heterocycles. The van der Waals surface area contributed by atoms with Crippen LogP contribution in [0.5, 0.6) is 5.75 Å². The molecule has 0 atom stereocenters. The first-order chi connectivity index (χ1) is 10.7. The van der Waals surface area contributed by atoms with Crippen molar-refractivity contribution in [3.63, 3.8) is 0 Å². The van der Waals surface area contributed by atoms with Crippen LogP contribution in [0.15, 0.2) is 48.8 Å². The summed E-state index contributed by atoms with van der Waals surface area (Å²) in [4.78, 5) is 18.2. The molecule has 114 valence electrons. The maximum atomic E-state index is 12.4. The van der Waals surface area contributed by atoms with E-state index in [0.717, 1.165) is 23.8 Å². The average Bonchev–Trinajstić information content (AvgIpc) is 3.38. The standard InChI is InChI=1S/C18H20N2O2/c1-20(12-15-3-2-10-19-11-15)18(21)16-6-8-17(9-7-16)22-13-14-4-5-14/h2-3,6-11,14H,4-5,12-13H2,1H3. The van der Waals surface area contributed by atoms with Crippen molar-refractivity contribution >= 4 is 5.91 Å². The number of amides is 1. The van der Waals surface area contributed by atoms with Gasteiger partial charge in [-0.1, -0.05) is 6.07 Å². The number of hydrogen-bond donors (Lipinski definition) is 0. The number of ether oxygens (including phenoxy) is 1. The van der Waals surface area contributed by atoms with Crippen molar-refractivity contribution in [2.75, 3.05) is 13.7 Å². The zero-order valence-electron chi connectivity index (χ0n) is 12.7. The Morgan fingerprint density at radius 2 is 2.05 bits per heavy atom. The molecule has 0 spiro atoms. The number of carbonyl (C=O) groups is 1. The van der Waals surface area contributed by atoms with Crippen molar-refractivity contribution in [2.45, 2.75) is 19.4 Å². The third-order valence-electron chi connectivity index (χ3n) is 3.77. The molecule has 1 saturated carbocycles. The lowest BCUT2D eigenvalue weighted by atomic mass is 10.2. The minimum Gasteiger partial charge on any atom is -0.493 e. The maximum Gasteiger partial charge on any atom is 0.253 e. The van der Waals surface area contributed by atoms with Gasteiger partial charge in [0.15, 0.2) is 0 Å². The molecular formula is C18H20N2O2. The molecular weight excluding hydrogens is 276 g/mol. The van der Waals surface area contributed by atoms with Crippen LogP contribution in [0.2, 0.25) is 0 Å². The molecule has 0 N–H and O–H groups in total. The second kappa shape index (κ2) is 6.60. The van der Waals surface area contributed by atoms with Crippen LogP contribution >= 0.6 is 0 Å². The highest BCUT2D eigenvalue weighted by Crippen LogP contribution is 2.29. The fourth-order valence-corrected chi connectivity index (χ4v) is 2.25. The Kier molecular flexibility index (Phi) is 4.37. The van der Waals surface area contributed by atoms with Gasteiger partial charge in [0.05, 0.1) is 6.61 Å². The first-order valence-electron chi connectivity index (χ1n) is 7.59. The van der Waals surface area contributed by atoms with E-state index >= 15 is 0 Å². The summed E-state index contributed by atoms with van der Waals surface area (Å²) < 4.78 is 5.69. The lowest BCUT2D eigenvalue weighted by Gasteiger charge is -2.17. The summed E-state index contributed by atoms with van der Waals surface area (Å²) in [5.41, 5.74) is 1.69. The Morgan fingerprint density at radius 3 is 2.68 bits per heavy atom. The highest BCUT2D eigenvalue weighted by atomic mass is 16.5. The van der Waals surface area contributed by atoms with E-state index in [0.29, 0.717) is 12.1 Å². The summed E-state index contributed by atoms with van der Waals surface area (Å²) >= 11 is 0. The molecule has 1 aromatic heterocycles. The summed E-state index contributed by atoms with van der Waals surface area (Å²) in [6, 6.07) is 11.2. The Hall–Kier alpha value is -2.36. The molecule has 0 saturated heterocycles. The molecule has 1 fully saturated rings. The van der Waals surface area contributed by atoms with Crippen LogP contribution in [0.3, 0.4) is 0 Å². The maximum absolute atomic E-state index is 12.4. The summed E-state index contributed by atoms with van der Waals surface area (Å²) in [5, 5.41) is 0. The molecule has 1 aliphatic rings. The normalized spacial score (nSPS) is 13.7. The van der Waals surface area contributed by atoms with Gasteiger partial charge in [-0.25, -0.2) is 0 Å². The van der Waals surface area contributed by atoms with Gasteiger partial charge in [0.25, 0.3) is 5.91 Å². The number of nitrogens with zero attached hydrogens (tertiary/aromatic N) is 2. The zero-order valence-corrected chi connectivity index (χ0v) is 12.7. The molecule has 1 aliphatic carbocycles. The van der Waals surface area contributed by atoms with Crippen LogP contribution < -0.4 is 4.74 Å². The second-order valence-electron chi connectivity index (χ2n) is 5.80. The molecule has 2 aromatic rings.